The van der Waals surface area contributed by atoms with Crippen LogP contribution in [-0.2, 0) is 14.9 Å². The first-order valence-corrected chi connectivity index (χ1v) is 3.72. The molecule has 0 aromatic heterocycles. The quantitative estimate of drug-likeness (QED) is 0.264. The molecule has 0 rings (SSSR count). The van der Waals surface area contributed by atoms with Crippen molar-refractivity contribution in [3.05, 3.63) is 11.0 Å². The fourth-order valence-corrected chi connectivity index (χ4v) is 0.821. The summed E-state index contributed by atoms with van der Waals surface area (Å²) >= 11 is 0. The van der Waals surface area contributed by atoms with Gasteiger partial charge in [-0.3, -0.25) is 4.55 Å². The van der Waals surface area contributed by atoms with Crippen LogP contribution in [0.5, 0.6) is 0 Å². The van der Waals surface area contributed by atoms with Crippen molar-refractivity contribution in [2.75, 3.05) is 0 Å². The summed E-state index contributed by atoms with van der Waals surface area (Å²) in [5, 5.41) is 8.37. The summed E-state index contributed by atoms with van der Waals surface area (Å²) in [6, 6.07) is 0. The van der Waals surface area contributed by atoms with Crippen molar-refractivity contribution in [1.29, 1.82) is 0 Å². The summed E-state index contributed by atoms with van der Waals surface area (Å²) in [5.74, 6) is -1.38. The molecule has 0 aromatic rings. The number of carboxylic acid groups (broad SMARTS) is 1. The Morgan fingerprint density at radius 1 is 1.55 bits per heavy atom. The molecule has 0 bridgehead atoms. The first-order valence-electron chi connectivity index (χ1n) is 2.22. The van der Waals surface area contributed by atoms with Gasteiger partial charge in [-0.25, -0.2) is 4.79 Å². The van der Waals surface area contributed by atoms with E-state index in [1.807, 2.05) is 0 Å². The fraction of sp³-hybridized carbons (Fsp3) is 0.250. The molecule has 0 aromatic carbocycles. The summed E-state index contributed by atoms with van der Waals surface area (Å²) in [6.07, 6.45) is 0. The minimum atomic E-state index is -4.31. The van der Waals surface area contributed by atoms with Crippen LogP contribution in [0.4, 0.5) is 0 Å². The molecule has 0 atom stereocenters. The summed E-state index contributed by atoms with van der Waals surface area (Å²) in [6.45, 7) is 1.07. The van der Waals surface area contributed by atoms with Crippen LogP contribution in [0, 0.1) is 0 Å². The zero-order chi connectivity index (χ0) is 8.36. The monoisotopic (exact) mass is 174 g/mol. The first-order chi connectivity index (χ1) is 4.33. The fourth-order valence-electron chi connectivity index (χ4n) is 0.274. The van der Waals surface area contributed by atoms with Gasteiger partial charge in [0.25, 0.3) is 10.1 Å². The Hall–Kier alpha value is -0.283. The molecule has 11 heavy (non-hydrogen) atoms. The number of rotatable bonds is 2. The van der Waals surface area contributed by atoms with E-state index in [9.17, 15) is 13.2 Å². The minimum Gasteiger partial charge on any atom is -1.00 e. The first kappa shape index (κ1) is 13.3. The van der Waals surface area contributed by atoms with Crippen molar-refractivity contribution in [2.45, 2.75) is 6.92 Å². The van der Waals surface area contributed by atoms with Crippen molar-refractivity contribution in [3.63, 3.8) is 0 Å². The van der Waals surface area contributed by atoms with Gasteiger partial charge in [0.15, 0.2) is 0 Å². The number of aliphatic carboxylic acids is 1. The van der Waals surface area contributed by atoms with Crippen LogP contribution in [0.25, 0.3) is 0 Å². The molecule has 2 N–H and O–H groups in total. The van der Waals surface area contributed by atoms with Crippen molar-refractivity contribution in [2.24, 2.45) is 0 Å². The standard InChI is InChI=1S/C4H6O5S.Li.H/c1-3(4(5)6)2-10(7,8)9;;/h2H,1H3,(H,5,6)(H,7,8,9);;/q;+1;-1. The summed E-state index contributed by atoms with van der Waals surface area (Å²) < 4.78 is 28.0. The zero-order valence-corrected chi connectivity index (χ0v) is 6.92. The summed E-state index contributed by atoms with van der Waals surface area (Å²) in [4.78, 5) is 9.93. The molecule has 0 fully saturated rings. The van der Waals surface area contributed by atoms with E-state index < -0.39 is 21.7 Å². The van der Waals surface area contributed by atoms with Crippen LogP contribution < -0.4 is 18.9 Å². The van der Waals surface area contributed by atoms with Crippen LogP contribution in [0.2, 0.25) is 0 Å². The van der Waals surface area contributed by atoms with Crippen LogP contribution in [0.3, 0.4) is 0 Å². The average molecular weight is 174 g/mol. The van der Waals surface area contributed by atoms with Gasteiger partial charge in [-0.2, -0.15) is 8.42 Å². The second-order valence-electron chi connectivity index (χ2n) is 1.62. The third kappa shape index (κ3) is 7.62. The van der Waals surface area contributed by atoms with E-state index in [2.05, 4.69) is 0 Å². The molecule has 0 saturated heterocycles. The second-order valence-corrected chi connectivity index (χ2v) is 2.89. The van der Waals surface area contributed by atoms with Gasteiger partial charge in [-0.15, -0.1) is 0 Å². The molecule has 0 saturated carbocycles. The van der Waals surface area contributed by atoms with E-state index in [4.69, 9.17) is 9.66 Å². The predicted molar refractivity (Wildman–Crippen MR) is 34.1 cm³/mol. The van der Waals surface area contributed by atoms with E-state index in [1.165, 1.54) is 0 Å². The Labute approximate surface area is 77.5 Å². The van der Waals surface area contributed by atoms with E-state index in [1.54, 1.807) is 0 Å². The van der Waals surface area contributed by atoms with Crippen LogP contribution in [-0.4, -0.2) is 24.0 Å². The average Bonchev–Trinajstić information content (AvgIpc) is 1.60. The normalized spacial score (nSPS) is 12.0. The Bertz CT molecular complexity index is 269. The van der Waals surface area contributed by atoms with Crippen LogP contribution in [0.1, 0.15) is 8.35 Å². The summed E-state index contributed by atoms with van der Waals surface area (Å²) in [5.41, 5.74) is -0.428. The molecular formula is C4H7LiO5S. The zero-order valence-electron chi connectivity index (χ0n) is 7.10. The molecular weight excluding hydrogens is 167 g/mol. The Kier molecular flexibility index (Phi) is 5.53. The van der Waals surface area contributed by atoms with Gasteiger partial charge in [-0.05, 0) is 6.92 Å². The Balaban J connectivity index is -0.000000405. The number of hydrogen-bond donors (Lipinski definition) is 2. The van der Waals surface area contributed by atoms with Crippen molar-refractivity contribution in [3.8, 4) is 0 Å². The molecule has 0 aliphatic carbocycles. The largest absolute Gasteiger partial charge is 1.00 e. The Morgan fingerprint density at radius 3 is 2.00 bits per heavy atom. The van der Waals surface area contributed by atoms with Crippen molar-refractivity contribution >= 4 is 16.1 Å². The Morgan fingerprint density at radius 2 is 1.91 bits per heavy atom. The van der Waals surface area contributed by atoms with Crippen LogP contribution >= 0.6 is 0 Å². The maximum atomic E-state index is 9.96. The molecule has 0 amide bonds. The second kappa shape index (κ2) is 4.57. The molecule has 7 heteroatoms. The molecule has 0 radical (unpaired) electrons. The molecule has 60 valence electrons. The van der Waals surface area contributed by atoms with Gasteiger partial charge in [0.05, 0.1) is 5.41 Å². The maximum absolute atomic E-state index is 9.96. The van der Waals surface area contributed by atoms with Crippen molar-refractivity contribution in [1.82, 2.24) is 0 Å². The molecule has 0 aliphatic heterocycles. The molecule has 5 nitrogen and oxygen atoms in total. The van der Waals surface area contributed by atoms with Gasteiger partial charge in [0.1, 0.15) is 0 Å². The summed E-state index contributed by atoms with van der Waals surface area (Å²) in [7, 11) is -4.31. The van der Waals surface area contributed by atoms with E-state index >= 15 is 0 Å². The number of hydrogen-bond acceptors (Lipinski definition) is 3. The van der Waals surface area contributed by atoms with E-state index in [0.29, 0.717) is 0 Å². The minimum absolute atomic E-state index is 0. The molecule has 0 unspecified atom stereocenters. The number of carboxylic acids is 1. The third-order valence-electron chi connectivity index (χ3n) is 0.663. The van der Waals surface area contributed by atoms with Gasteiger partial charge in [0.2, 0.25) is 0 Å². The SMILES string of the molecule is CC(=CS(=O)(=O)O)C(=O)O.[H-].[Li+]. The van der Waals surface area contributed by atoms with Crippen molar-refractivity contribution < 1.29 is 43.2 Å². The third-order valence-corrected chi connectivity index (χ3v) is 1.31. The smallest absolute Gasteiger partial charge is 1.00 e. The number of carbonyl (C=O) groups is 1. The maximum Gasteiger partial charge on any atom is 1.00 e. The van der Waals surface area contributed by atoms with Gasteiger partial charge in [-0.1, -0.05) is 0 Å². The van der Waals surface area contributed by atoms with Gasteiger partial charge < -0.3 is 6.53 Å². The van der Waals surface area contributed by atoms with Gasteiger partial charge >= 0.3 is 24.8 Å². The topological polar surface area (TPSA) is 91.7 Å². The molecule has 0 heterocycles. The van der Waals surface area contributed by atoms with E-state index in [-0.39, 0.29) is 25.7 Å². The van der Waals surface area contributed by atoms with Gasteiger partial charge in [0, 0.05) is 5.57 Å². The van der Waals surface area contributed by atoms with Crippen LogP contribution in [0.15, 0.2) is 11.0 Å². The molecule has 0 aliphatic rings. The predicted octanol–water partition coefficient (Wildman–Crippen LogP) is -3.02. The molecule has 0 spiro atoms. The van der Waals surface area contributed by atoms with E-state index in [0.717, 1.165) is 6.92 Å².